The fourth-order valence-corrected chi connectivity index (χ4v) is 4.99. The van der Waals surface area contributed by atoms with Crippen LogP contribution in [0.3, 0.4) is 0 Å². The summed E-state index contributed by atoms with van der Waals surface area (Å²) in [5, 5.41) is 9.83. The number of nitrogens with one attached hydrogen (secondary N) is 2. The first-order chi connectivity index (χ1) is 12.2. The molecule has 2 fully saturated rings. The monoisotopic (exact) mass is 365 g/mol. The summed E-state index contributed by atoms with van der Waals surface area (Å²) in [6, 6.07) is 0. The van der Waals surface area contributed by atoms with Crippen LogP contribution in [0.15, 0.2) is 5.38 Å². The van der Waals surface area contributed by atoms with E-state index >= 15 is 0 Å². The number of thiazole rings is 1. The maximum Gasteiger partial charge on any atom is 0.228 e. The van der Waals surface area contributed by atoms with Crippen molar-refractivity contribution >= 4 is 17.2 Å². The molecule has 2 N–H and O–H groups in total. The van der Waals surface area contributed by atoms with Gasteiger partial charge in [0.2, 0.25) is 5.91 Å². The number of hydrogen-bond acceptors (Lipinski definition) is 5. The number of carbonyl (C=O) groups is 1. The molecular formula is C19H31N3O2S. The molecule has 1 aromatic rings. The van der Waals surface area contributed by atoms with Crippen LogP contribution < -0.4 is 10.6 Å². The van der Waals surface area contributed by atoms with E-state index in [1.54, 1.807) is 18.4 Å². The summed E-state index contributed by atoms with van der Waals surface area (Å²) in [5.74, 6) is 0.799. The molecule has 1 aliphatic carbocycles. The predicted octanol–water partition coefficient (Wildman–Crippen LogP) is 2.87. The molecule has 0 aromatic carbocycles. The zero-order chi connectivity index (χ0) is 17.5. The van der Waals surface area contributed by atoms with Gasteiger partial charge in [0.15, 0.2) is 0 Å². The topological polar surface area (TPSA) is 63.2 Å². The van der Waals surface area contributed by atoms with Crippen LogP contribution >= 0.6 is 11.3 Å². The number of hydrogen-bond donors (Lipinski definition) is 2. The largest absolute Gasteiger partial charge is 0.384 e. The molecule has 0 bridgehead atoms. The molecule has 0 spiro atoms. The van der Waals surface area contributed by atoms with Gasteiger partial charge in [-0.05, 0) is 38.8 Å². The Kier molecular flexibility index (Phi) is 6.84. The fraction of sp³-hybridized carbons (Fsp3) is 0.789. The number of amides is 1. The van der Waals surface area contributed by atoms with E-state index in [0.717, 1.165) is 37.4 Å². The average Bonchev–Trinajstić information content (AvgIpc) is 3.12. The van der Waals surface area contributed by atoms with Gasteiger partial charge in [0.1, 0.15) is 0 Å². The van der Waals surface area contributed by atoms with Crippen molar-refractivity contribution in [1.29, 1.82) is 0 Å². The summed E-state index contributed by atoms with van der Waals surface area (Å²) in [6.07, 6.45) is 9.13. The molecule has 25 heavy (non-hydrogen) atoms. The van der Waals surface area contributed by atoms with E-state index in [1.807, 2.05) is 0 Å². The van der Waals surface area contributed by atoms with E-state index in [9.17, 15) is 4.79 Å². The maximum absolute atomic E-state index is 12.7. The van der Waals surface area contributed by atoms with Gasteiger partial charge in [0.05, 0.1) is 22.7 Å². The molecule has 3 rings (SSSR count). The highest BCUT2D eigenvalue weighted by atomic mass is 32.1. The van der Waals surface area contributed by atoms with Crippen LogP contribution in [0.5, 0.6) is 0 Å². The number of ether oxygens (including phenoxy) is 1. The van der Waals surface area contributed by atoms with Crippen LogP contribution in [0.1, 0.15) is 61.6 Å². The molecule has 1 saturated heterocycles. The van der Waals surface area contributed by atoms with Crippen molar-refractivity contribution in [3.63, 3.8) is 0 Å². The Hall–Kier alpha value is -0.980. The standard InChI is InChI=1S/C19H31N3O2S/c1-24-14-19(8-11-20-12-9-19)18(23)21-10-7-17-22-16(13-25-17)15-5-3-2-4-6-15/h13,15,20H,2-12,14H2,1H3,(H,21,23). The van der Waals surface area contributed by atoms with Crippen molar-refractivity contribution in [2.24, 2.45) is 5.41 Å². The highest BCUT2D eigenvalue weighted by molar-refractivity contribution is 7.09. The molecule has 1 aromatic heterocycles. The van der Waals surface area contributed by atoms with Crippen molar-refractivity contribution in [1.82, 2.24) is 15.6 Å². The van der Waals surface area contributed by atoms with E-state index in [4.69, 9.17) is 9.72 Å². The Balaban J connectivity index is 1.48. The van der Waals surface area contributed by atoms with Crippen LogP contribution in [0.2, 0.25) is 0 Å². The molecule has 0 unspecified atom stereocenters. The second kappa shape index (κ2) is 9.10. The molecule has 1 aliphatic heterocycles. The van der Waals surface area contributed by atoms with Crippen LogP contribution in [0, 0.1) is 5.41 Å². The minimum atomic E-state index is -0.365. The Labute approximate surface area is 154 Å². The van der Waals surface area contributed by atoms with Crippen LogP contribution in [0.4, 0.5) is 0 Å². The third-order valence-corrected chi connectivity index (χ3v) is 6.61. The van der Waals surface area contributed by atoms with Crippen molar-refractivity contribution in [2.75, 3.05) is 33.4 Å². The maximum atomic E-state index is 12.7. The minimum Gasteiger partial charge on any atom is -0.384 e. The average molecular weight is 366 g/mol. The van der Waals surface area contributed by atoms with Gasteiger partial charge in [0, 0.05) is 31.4 Å². The molecule has 2 heterocycles. The summed E-state index contributed by atoms with van der Waals surface area (Å²) in [6.45, 7) is 2.93. The van der Waals surface area contributed by atoms with Crippen molar-refractivity contribution in [2.45, 2.75) is 57.3 Å². The molecule has 140 valence electrons. The molecule has 2 aliphatic rings. The zero-order valence-corrected chi connectivity index (χ0v) is 16.1. The van der Waals surface area contributed by atoms with E-state index in [1.165, 1.54) is 37.8 Å². The first-order valence-electron chi connectivity index (χ1n) is 9.66. The summed E-state index contributed by atoms with van der Waals surface area (Å²) in [7, 11) is 1.68. The van der Waals surface area contributed by atoms with Gasteiger partial charge in [-0.2, -0.15) is 0 Å². The van der Waals surface area contributed by atoms with Crippen LogP contribution in [0.25, 0.3) is 0 Å². The van der Waals surface area contributed by atoms with Crippen molar-refractivity contribution in [3.05, 3.63) is 16.1 Å². The van der Waals surface area contributed by atoms with Gasteiger partial charge in [-0.15, -0.1) is 11.3 Å². The lowest BCUT2D eigenvalue weighted by Crippen LogP contribution is -2.50. The fourth-order valence-electron chi connectivity index (χ4n) is 4.11. The second-order valence-electron chi connectivity index (χ2n) is 7.47. The number of carbonyl (C=O) groups excluding carboxylic acids is 1. The number of nitrogens with zero attached hydrogens (tertiary/aromatic N) is 1. The summed E-state index contributed by atoms with van der Waals surface area (Å²) >= 11 is 1.74. The third-order valence-electron chi connectivity index (χ3n) is 5.68. The van der Waals surface area contributed by atoms with Gasteiger partial charge in [-0.3, -0.25) is 4.79 Å². The molecule has 1 saturated carbocycles. The van der Waals surface area contributed by atoms with Gasteiger partial charge in [0.25, 0.3) is 0 Å². The Morgan fingerprint density at radius 2 is 2.12 bits per heavy atom. The van der Waals surface area contributed by atoms with Gasteiger partial charge < -0.3 is 15.4 Å². The van der Waals surface area contributed by atoms with E-state index in [2.05, 4.69) is 16.0 Å². The zero-order valence-electron chi connectivity index (χ0n) is 15.3. The predicted molar refractivity (Wildman–Crippen MR) is 101 cm³/mol. The molecular weight excluding hydrogens is 334 g/mol. The van der Waals surface area contributed by atoms with Gasteiger partial charge >= 0.3 is 0 Å². The Bertz CT molecular complexity index is 543. The summed E-state index contributed by atoms with van der Waals surface area (Å²) in [4.78, 5) is 17.5. The first kappa shape index (κ1) is 18.8. The van der Waals surface area contributed by atoms with Crippen molar-refractivity contribution < 1.29 is 9.53 Å². The molecule has 6 heteroatoms. The lowest BCUT2D eigenvalue weighted by molar-refractivity contribution is -0.136. The summed E-state index contributed by atoms with van der Waals surface area (Å²) in [5.41, 5.74) is 0.913. The van der Waals surface area contributed by atoms with E-state index < -0.39 is 0 Å². The highest BCUT2D eigenvalue weighted by Crippen LogP contribution is 2.33. The van der Waals surface area contributed by atoms with E-state index in [0.29, 0.717) is 19.1 Å². The molecule has 0 atom stereocenters. The highest BCUT2D eigenvalue weighted by Gasteiger charge is 2.39. The number of methoxy groups -OCH3 is 1. The Morgan fingerprint density at radius 3 is 2.84 bits per heavy atom. The first-order valence-corrected chi connectivity index (χ1v) is 10.5. The smallest absolute Gasteiger partial charge is 0.228 e. The normalized spacial score (nSPS) is 21.2. The van der Waals surface area contributed by atoms with Gasteiger partial charge in [-0.25, -0.2) is 4.98 Å². The van der Waals surface area contributed by atoms with Gasteiger partial charge in [-0.1, -0.05) is 19.3 Å². The van der Waals surface area contributed by atoms with Crippen LogP contribution in [-0.2, 0) is 16.0 Å². The Morgan fingerprint density at radius 1 is 1.36 bits per heavy atom. The third kappa shape index (κ3) is 4.80. The second-order valence-corrected chi connectivity index (χ2v) is 8.41. The van der Waals surface area contributed by atoms with Crippen molar-refractivity contribution in [3.8, 4) is 0 Å². The molecule has 0 radical (unpaired) electrons. The quantitative estimate of drug-likeness (QED) is 0.780. The summed E-state index contributed by atoms with van der Waals surface area (Å²) < 4.78 is 5.34. The van der Waals surface area contributed by atoms with Crippen LogP contribution in [-0.4, -0.2) is 44.2 Å². The number of aromatic nitrogens is 1. The number of piperidine rings is 1. The SMILES string of the molecule is COCC1(C(=O)NCCc2nc(C3CCCCC3)cs2)CCNCC1. The lowest BCUT2D eigenvalue weighted by atomic mass is 9.78. The minimum absolute atomic E-state index is 0.139. The van der Waals surface area contributed by atoms with E-state index in [-0.39, 0.29) is 11.3 Å². The molecule has 1 amide bonds. The number of rotatable bonds is 7. The molecule has 5 nitrogen and oxygen atoms in total. The lowest BCUT2D eigenvalue weighted by Gasteiger charge is -2.35.